The average molecular weight is 419 g/mol. The molecule has 7 heteroatoms. The van der Waals surface area contributed by atoms with Crippen LogP contribution in [0.25, 0.3) is 0 Å². The maximum absolute atomic E-state index is 9.32. The van der Waals surface area contributed by atoms with Gasteiger partial charge in [0.15, 0.2) is 0 Å². The fraction of sp³-hybridized carbons (Fsp3) is 0.875. The van der Waals surface area contributed by atoms with Crippen molar-refractivity contribution in [3.8, 4) is 0 Å². The molecule has 3 atom stereocenters. The van der Waals surface area contributed by atoms with Crippen LogP contribution < -0.4 is 11.5 Å². The number of nitrogens with two attached hydrogens (primary N) is 2. The molecule has 0 aromatic rings. The normalized spacial score (nSPS) is 32.5. The Bertz CT molecular complexity index is 214. The zero-order valence-electron chi connectivity index (χ0n) is 8.13. The second kappa shape index (κ2) is 6.81. The molecule has 15 heavy (non-hydrogen) atoms. The van der Waals surface area contributed by atoms with E-state index in [4.69, 9.17) is 21.7 Å². The fourth-order valence-corrected chi connectivity index (χ4v) is 1.90. The van der Waals surface area contributed by atoms with Crippen molar-refractivity contribution >= 4 is 17.6 Å². The Morgan fingerprint density at radius 3 is 2.27 bits per heavy atom. The first kappa shape index (κ1) is 15.3. The standard InChI is InChI=1S/C6H13N2.C2H3ClO3.Pt/c7-5-3-1-2-4-6(5)8;3-1(4)2(5)6;/h5H,1-4,7-8H2;1,4H,(H,5,6);/t5-;;/m1../s1. The van der Waals surface area contributed by atoms with E-state index in [2.05, 4.69) is 31.4 Å². The maximum Gasteiger partial charge on any atom is 0.348 e. The third-order valence-electron chi connectivity index (χ3n) is 2.11. The number of hydrogen-bond donors (Lipinski definition) is 4. The quantitative estimate of drug-likeness (QED) is 0.438. The van der Waals surface area contributed by atoms with E-state index in [1.54, 1.807) is 0 Å². The van der Waals surface area contributed by atoms with E-state index >= 15 is 0 Å². The van der Waals surface area contributed by atoms with Crippen molar-refractivity contribution in [3.05, 3.63) is 0 Å². The van der Waals surface area contributed by atoms with Crippen LogP contribution in [0.5, 0.6) is 0 Å². The Balaban J connectivity index is 0.000000288. The zero-order valence-corrected chi connectivity index (χ0v) is 11.2. The first-order chi connectivity index (χ1) is 6.77. The maximum atomic E-state index is 9.32. The van der Waals surface area contributed by atoms with Crippen LogP contribution in [0, 0.1) is 0 Å². The molecule has 1 fully saturated rings. The largest absolute Gasteiger partial charge is 0.478 e. The molecule has 0 aromatic carbocycles. The molecule has 0 bridgehead atoms. The van der Waals surface area contributed by atoms with Crippen LogP contribution in [0.2, 0.25) is 0 Å². The predicted octanol–water partition coefficient (Wildman–Crippen LogP) is -0.282. The number of carboxylic acids is 1. The molecule has 0 aliphatic heterocycles. The number of aliphatic hydroxyl groups excluding tert-OH is 1. The minimum Gasteiger partial charge on any atom is -0.478 e. The van der Waals surface area contributed by atoms with Crippen molar-refractivity contribution in [3.63, 3.8) is 0 Å². The van der Waals surface area contributed by atoms with Crippen molar-refractivity contribution < 1.29 is 34.8 Å². The summed E-state index contributed by atoms with van der Waals surface area (Å²) in [5.41, 5.74) is 9.91. The SMILES string of the molecule is N[C@@H]1CCCC[C@]1(N)[Pt].O=C(O)C(O)Cl. The molecule has 0 heterocycles. The van der Waals surface area contributed by atoms with Gasteiger partial charge in [0, 0.05) is 0 Å². The molecule has 6 N–H and O–H groups in total. The molecular weight excluding hydrogens is 403 g/mol. The minimum absolute atomic E-state index is 0.113. The molecule has 5 nitrogen and oxygen atoms in total. The first-order valence-electron chi connectivity index (χ1n) is 4.52. The Labute approximate surface area is 105 Å². The minimum atomic E-state index is -1.76. The number of aliphatic carboxylic acids is 1. The summed E-state index contributed by atoms with van der Waals surface area (Å²) in [6, 6.07) is 0.216. The number of hydrogen-bond acceptors (Lipinski definition) is 4. The van der Waals surface area contributed by atoms with E-state index in [1.807, 2.05) is 0 Å². The van der Waals surface area contributed by atoms with Gasteiger partial charge in [-0.2, -0.15) is 0 Å². The van der Waals surface area contributed by atoms with E-state index in [0.717, 1.165) is 12.8 Å². The monoisotopic (exact) mass is 418 g/mol. The molecule has 0 saturated heterocycles. The van der Waals surface area contributed by atoms with Gasteiger partial charge in [-0.1, -0.05) is 11.6 Å². The van der Waals surface area contributed by atoms with Crippen LogP contribution in [0.15, 0.2) is 0 Å². The number of alkyl halides is 1. The van der Waals surface area contributed by atoms with E-state index in [9.17, 15) is 4.79 Å². The second-order valence-electron chi connectivity index (χ2n) is 3.40. The van der Waals surface area contributed by atoms with E-state index in [1.165, 1.54) is 12.8 Å². The number of carbonyl (C=O) groups is 1. The van der Waals surface area contributed by atoms with E-state index in [-0.39, 0.29) is 9.97 Å². The molecule has 0 radical (unpaired) electrons. The van der Waals surface area contributed by atoms with E-state index in [0.29, 0.717) is 0 Å². The molecule has 1 unspecified atom stereocenters. The Morgan fingerprint density at radius 2 is 2.07 bits per heavy atom. The van der Waals surface area contributed by atoms with Gasteiger partial charge in [-0.15, -0.1) is 0 Å². The summed E-state index contributed by atoms with van der Waals surface area (Å²) in [5.74, 6) is -1.42. The molecule has 1 rings (SSSR count). The van der Waals surface area contributed by atoms with Crippen molar-refractivity contribution in [2.75, 3.05) is 0 Å². The van der Waals surface area contributed by atoms with Crippen LogP contribution in [0.3, 0.4) is 0 Å². The number of halogens is 1. The van der Waals surface area contributed by atoms with Crippen LogP contribution in [0.1, 0.15) is 25.7 Å². The van der Waals surface area contributed by atoms with Gasteiger partial charge in [0.2, 0.25) is 5.56 Å². The van der Waals surface area contributed by atoms with Gasteiger partial charge in [0.05, 0.1) is 0 Å². The second-order valence-corrected chi connectivity index (χ2v) is 5.92. The first-order valence-corrected chi connectivity index (χ1v) is 6.10. The summed E-state index contributed by atoms with van der Waals surface area (Å²) < 4.78 is -0.113. The third kappa shape index (κ3) is 6.48. The molecular formula is C8H16ClN2O3Pt. The zero-order chi connectivity index (χ0) is 12.1. The average Bonchev–Trinajstić information content (AvgIpc) is 2.11. The molecule has 93 valence electrons. The number of carboxylic acid groups (broad SMARTS) is 1. The van der Waals surface area contributed by atoms with Crippen LogP contribution in [-0.4, -0.2) is 31.7 Å². The molecule has 1 aliphatic carbocycles. The van der Waals surface area contributed by atoms with Gasteiger partial charge in [-0.25, -0.2) is 4.79 Å². The smallest absolute Gasteiger partial charge is 0.348 e. The Kier molecular flexibility index (Phi) is 6.96. The molecule has 1 aliphatic rings. The molecule has 0 amide bonds. The van der Waals surface area contributed by atoms with Gasteiger partial charge >= 0.3 is 72.9 Å². The summed E-state index contributed by atoms with van der Waals surface area (Å²) in [6.07, 6.45) is 4.67. The van der Waals surface area contributed by atoms with Gasteiger partial charge in [-0.05, 0) is 0 Å². The van der Waals surface area contributed by atoms with Crippen molar-refractivity contribution in [1.29, 1.82) is 0 Å². The fourth-order valence-electron chi connectivity index (χ4n) is 1.17. The van der Waals surface area contributed by atoms with Crippen LogP contribution in [0.4, 0.5) is 0 Å². The summed E-state index contributed by atoms with van der Waals surface area (Å²) in [7, 11) is 0. The molecule has 0 spiro atoms. The summed E-state index contributed by atoms with van der Waals surface area (Å²) in [6.45, 7) is 0. The van der Waals surface area contributed by atoms with Crippen LogP contribution >= 0.6 is 11.6 Å². The van der Waals surface area contributed by atoms with Crippen molar-refractivity contribution in [2.45, 2.75) is 41.2 Å². The summed E-state index contributed by atoms with van der Waals surface area (Å²) >= 11 is 6.82. The van der Waals surface area contributed by atoms with Gasteiger partial charge < -0.3 is 10.2 Å². The molecule has 1 saturated carbocycles. The van der Waals surface area contributed by atoms with Crippen molar-refractivity contribution in [2.24, 2.45) is 11.5 Å². The van der Waals surface area contributed by atoms with Crippen LogP contribution in [-0.2, 0) is 24.6 Å². The Hall–Kier alpha value is 0.328. The summed E-state index contributed by atoms with van der Waals surface area (Å²) in [5, 5.41) is 15.4. The Morgan fingerprint density at radius 1 is 1.60 bits per heavy atom. The predicted molar refractivity (Wildman–Crippen MR) is 52.9 cm³/mol. The van der Waals surface area contributed by atoms with Gasteiger partial charge in [0.1, 0.15) is 0 Å². The topological polar surface area (TPSA) is 110 Å². The number of aliphatic hydroxyl groups is 1. The molecule has 0 aromatic heterocycles. The third-order valence-corrected chi connectivity index (χ3v) is 3.70. The van der Waals surface area contributed by atoms with E-state index < -0.39 is 11.5 Å². The number of rotatable bonds is 1. The summed E-state index contributed by atoms with van der Waals surface area (Å²) in [4.78, 5) is 9.32. The van der Waals surface area contributed by atoms with Crippen molar-refractivity contribution in [1.82, 2.24) is 0 Å². The van der Waals surface area contributed by atoms with Gasteiger partial charge in [-0.3, -0.25) is 0 Å². The van der Waals surface area contributed by atoms with Gasteiger partial charge in [0.25, 0.3) is 0 Å².